The van der Waals surface area contributed by atoms with Crippen LogP contribution in [0.4, 0.5) is 20.4 Å². The Morgan fingerprint density at radius 2 is 1.86 bits per heavy atom. The number of halogens is 2. The van der Waals surface area contributed by atoms with E-state index in [-0.39, 0.29) is 23.4 Å². The predicted molar refractivity (Wildman–Crippen MR) is 103 cm³/mol. The van der Waals surface area contributed by atoms with Gasteiger partial charge in [-0.05, 0) is 37.5 Å². The van der Waals surface area contributed by atoms with Crippen LogP contribution in [0.5, 0.6) is 11.5 Å². The third kappa shape index (κ3) is 3.43. The van der Waals surface area contributed by atoms with Crippen LogP contribution in [-0.4, -0.2) is 35.3 Å². The maximum Gasteiger partial charge on any atom is 0.586 e. The SMILES string of the molecule is O=C(Nc1nc2cc3c(cc2[nH]1)OC(F)(F)O3)c1cccc(N2CCCCC2)c1. The lowest BCUT2D eigenvalue weighted by Gasteiger charge is -2.29. The highest BCUT2D eigenvalue weighted by Crippen LogP contribution is 2.42. The van der Waals surface area contributed by atoms with Gasteiger partial charge in [0.05, 0.1) is 11.0 Å². The summed E-state index contributed by atoms with van der Waals surface area (Å²) in [6.07, 6.45) is -0.144. The molecule has 1 amide bonds. The molecule has 0 spiro atoms. The van der Waals surface area contributed by atoms with Gasteiger partial charge in [-0.2, -0.15) is 0 Å². The number of H-pyrrole nitrogens is 1. The zero-order valence-electron chi connectivity index (χ0n) is 15.4. The van der Waals surface area contributed by atoms with E-state index in [9.17, 15) is 13.6 Å². The minimum atomic E-state index is -3.68. The number of alkyl halides is 2. The highest BCUT2D eigenvalue weighted by Gasteiger charge is 2.43. The second kappa shape index (κ2) is 6.61. The van der Waals surface area contributed by atoms with Gasteiger partial charge in [-0.1, -0.05) is 6.07 Å². The fraction of sp³-hybridized carbons (Fsp3) is 0.300. The molecule has 0 saturated carbocycles. The molecule has 0 radical (unpaired) electrons. The summed E-state index contributed by atoms with van der Waals surface area (Å²) in [6.45, 7) is 1.98. The predicted octanol–water partition coefficient (Wildman–Crippen LogP) is 4.13. The number of carbonyl (C=O) groups is 1. The summed E-state index contributed by atoms with van der Waals surface area (Å²) in [6, 6.07) is 10.2. The summed E-state index contributed by atoms with van der Waals surface area (Å²) in [5.41, 5.74) is 2.36. The maximum atomic E-state index is 13.2. The number of aromatic amines is 1. The molecule has 2 aromatic carbocycles. The summed E-state index contributed by atoms with van der Waals surface area (Å²) < 4.78 is 35.2. The number of fused-ring (bicyclic) bond motifs is 2. The van der Waals surface area contributed by atoms with Gasteiger partial charge >= 0.3 is 6.29 Å². The van der Waals surface area contributed by atoms with Crippen molar-refractivity contribution in [3.8, 4) is 11.5 Å². The average Bonchev–Trinajstić information content (AvgIpc) is 3.23. The fourth-order valence-corrected chi connectivity index (χ4v) is 3.69. The molecule has 0 unspecified atom stereocenters. The van der Waals surface area contributed by atoms with E-state index < -0.39 is 6.29 Å². The number of nitrogens with one attached hydrogen (secondary N) is 2. The third-order valence-electron chi connectivity index (χ3n) is 5.07. The number of benzene rings is 2. The number of rotatable bonds is 3. The Morgan fingerprint density at radius 3 is 2.66 bits per heavy atom. The van der Waals surface area contributed by atoms with Crippen LogP contribution in [0.15, 0.2) is 36.4 Å². The van der Waals surface area contributed by atoms with Crippen LogP contribution in [0.1, 0.15) is 29.6 Å². The molecule has 150 valence electrons. The number of carbonyl (C=O) groups excluding carboxylic acids is 1. The molecule has 1 saturated heterocycles. The zero-order valence-corrected chi connectivity index (χ0v) is 15.4. The van der Waals surface area contributed by atoms with E-state index in [4.69, 9.17) is 0 Å². The lowest BCUT2D eigenvalue weighted by molar-refractivity contribution is -0.286. The van der Waals surface area contributed by atoms with Gasteiger partial charge in [-0.3, -0.25) is 10.1 Å². The van der Waals surface area contributed by atoms with Crippen molar-refractivity contribution in [1.29, 1.82) is 0 Å². The van der Waals surface area contributed by atoms with E-state index in [1.807, 2.05) is 18.2 Å². The molecule has 7 nitrogen and oxygen atoms in total. The first-order chi connectivity index (χ1) is 14.0. The minimum absolute atomic E-state index is 0.0849. The summed E-state index contributed by atoms with van der Waals surface area (Å²) >= 11 is 0. The molecule has 1 aromatic heterocycles. The molecule has 3 heterocycles. The lowest BCUT2D eigenvalue weighted by Crippen LogP contribution is -2.29. The summed E-state index contributed by atoms with van der Waals surface area (Å²) in [7, 11) is 0. The Labute approximate surface area is 164 Å². The van der Waals surface area contributed by atoms with Crippen molar-refractivity contribution in [2.24, 2.45) is 0 Å². The van der Waals surface area contributed by atoms with E-state index in [0.29, 0.717) is 16.6 Å². The van der Waals surface area contributed by atoms with E-state index in [2.05, 4.69) is 29.7 Å². The van der Waals surface area contributed by atoms with Gasteiger partial charge in [0.2, 0.25) is 5.95 Å². The number of piperidine rings is 1. The monoisotopic (exact) mass is 400 g/mol. The highest BCUT2D eigenvalue weighted by molar-refractivity contribution is 6.04. The van der Waals surface area contributed by atoms with Crippen molar-refractivity contribution < 1.29 is 23.0 Å². The summed E-state index contributed by atoms with van der Waals surface area (Å²) in [4.78, 5) is 22.1. The van der Waals surface area contributed by atoms with Crippen molar-refractivity contribution in [1.82, 2.24) is 9.97 Å². The molecule has 0 bridgehead atoms. The normalized spacial score (nSPS) is 17.5. The fourth-order valence-electron chi connectivity index (χ4n) is 3.69. The van der Waals surface area contributed by atoms with E-state index in [0.717, 1.165) is 31.6 Å². The van der Waals surface area contributed by atoms with Crippen LogP contribution in [0.3, 0.4) is 0 Å². The Balaban J connectivity index is 1.35. The molecular formula is C20H18F2N4O3. The van der Waals surface area contributed by atoms with E-state index in [1.54, 1.807) is 6.07 Å². The Morgan fingerprint density at radius 1 is 1.10 bits per heavy atom. The Bertz CT molecular complexity index is 1050. The number of imidazole rings is 1. The molecule has 0 aliphatic carbocycles. The van der Waals surface area contributed by atoms with Gasteiger partial charge in [-0.25, -0.2) is 4.98 Å². The van der Waals surface area contributed by atoms with Crippen molar-refractivity contribution in [3.63, 3.8) is 0 Å². The number of hydrogen-bond donors (Lipinski definition) is 2. The van der Waals surface area contributed by atoms with Gasteiger partial charge in [0.15, 0.2) is 11.5 Å². The van der Waals surface area contributed by atoms with Crippen LogP contribution in [0.2, 0.25) is 0 Å². The van der Waals surface area contributed by atoms with Crippen LogP contribution >= 0.6 is 0 Å². The minimum Gasteiger partial charge on any atom is -0.395 e. The topological polar surface area (TPSA) is 79.5 Å². The first kappa shape index (κ1) is 17.7. The second-order valence-electron chi connectivity index (χ2n) is 7.12. The zero-order chi connectivity index (χ0) is 20.0. The number of anilines is 2. The van der Waals surface area contributed by atoms with Crippen molar-refractivity contribution in [2.75, 3.05) is 23.3 Å². The smallest absolute Gasteiger partial charge is 0.395 e. The number of aromatic nitrogens is 2. The first-order valence-corrected chi connectivity index (χ1v) is 9.43. The molecule has 2 aliphatic heterocycles. The van der Waals surface area contributed by atoms with Gasteiger partial charge in [-0.15, -0.1) is 8.78 Å². The Hall–Kier alpha value is -3.36. The lowest BCUT2D eigenvalue weighted by atomic mass is 10.1. The van der Waals surface area contributed by atoms with E-state index in [1.165, 1.54) is 18.6 Å². The van der Waals surface area contributed by atoms with Gasteiger partial charge in [0.1, 0.15) is 0 Å². The van der Waals surface area contributed by atoms with Crippen LogP contribution in [-0.2, 0) is 0 Å². The third-order valence-corrected chi connectivity index (χ3v) is 5.07. The number of amides is 1. The summed E-state index contributed by atoms with van der Waals surface area (Å²) in [5, 5.41) is 2.72. The van der Waals surface area contributed by atoms with Crippen molar-refractivity contribution in [3.05, 3.63) is 42.0 Å². The molecule has 5 rings (SSSR count). The maximum absolute atomic E-state index is 13.2. The molecule has 9 heteroatoms. The molecular weight excluding hydrogens is 382 g/mol. The molecule has 2 N–H and O–H groups in total. The standard InChI is InChI=1S/C20H18F2N4O3/c21-20(22)28-16-10-14-15(11-17(16)29-20)24-19(23-14)25-18(27)12-5-4-6-13(9-12)26-7-2-1-3-8-26/h4-6,9-11H,1-3,7-8H2,(H2,23,24,25,27). The van der Waals surface area contributed by atoms with Crippen LogP contribution in [0.25, 0.3) is 11.0 Å². The molecule has 1 fully saturated rings. The quantitative estimate of drug-likeness (QED) is 0.691. The Kier molecular flexibility index (Phi) is 4.04. The number of hydrogen-bond acceptors (Lipinski definition) is 5. The van der Waals surface area contributed by atoms with Crippen LogP contribution < -0.4 is 19.7 Å². The van der Waals surface area contributed by atoms with Gasteiger partial charge < -0.3 is 19.4 Å². The van der Waals surface area contributed by atoms with Crippen molar-refractivity contribution in [2.45, 2.75) is 25.6 Å². The molecule has 0 atom stereocenters. The van der Waals surface area contributed by atoms with Gasteiger partial charge in [0.25, 0.3) is 5.91 Å². The first-order valence-electron chi connectivity index (χ1n) is 9.43. The summed E-state index contributed by atoms with van der Waals surface area (Å²) in [5.74, 6) is -0.280. The van der Waals surface area contributed by atoms with E-state index >= 15 is 0 Å². The largest absolute Gasteiger partial charge is 0.586 e. The number of nitrogens with zero attached hydrogens (tertiary/aromatic N) is 2. The second-order valence-corrected chi connectivity index (χ2v) is 7.12. The molecule has 2 aliphatic rings. The number of ether oxygens (including phenoxy) is 2. The van der Waals surface area contributed by atoms with Gasteiger partial charge in [0, 0.05) is 36.5 Å². The highest BCUT2D eigenvalue weighted by atomic mass is 19.3. The molecule has 3 aromatic rings. The van der Waals surface area contributed by atoms with Crippen LogP contribution in [0, 0.1) is 0 Å². The average molecular weight is 400 g/mol. The molecule has 29 heavy (non-hydrogen) atoms. The van der Waals surface area contributed by atoms with Crippen molar-refractivity contribution >= 4 is 28.6 Å².